The summed E-state index contributed by atoms with van der Waals surface area (Å²) in [4.78, 5) is 5.40. The Hall–Kier alpha value is -0.120. The average Bonchev–Trinajstić information content (AvgIpc) is 2.82. The van der Waals surface area contributed by atoms with Gasteiger partial charge in [0.2, 0.25) is 0 Å². The smallest absolute Gasteiger partial charge is 0.0507 e. The number of ether oxygens (including phenoxy) is 1. The van der Waals surface area contributed by atoms with Crippen LogP contribution in [0, 0.1) is 5.92 Å². The molecule has 92 valence electrons. The number of fused-ring (bicyclic) bond motifs is 1. The van der Waals surface area contributed by atoms with E-state index in [0.29, 0.717) is 0 Å². The van der Waals surface area contributed by atoms with Crippen LogP contribution in [0.1, 0.15) is 25.7 Å². The SMILES string of the molecule is C1CCN2CCN(CC3CCOC3)CC2C1. The number of piperidine rings is 1. The molecule has 2 atom stereocenters. The summed E-state index contributed by atoms with van der Waals surface area (Å²) in [5.41, 5.74) is 0. The highest BCUT2D eigenvalue weighted by Crippen LogP contribution is 2.22. The van der Waals surface area contributed by atoms with Crippen molar-refractivity contribution in [1.29, 1.82) is 0 Å². The van der Waals surface area contributed by atoms with Crippen LogP contribution in [-0.2, 0) is 4.74 Å². The molecule has 0 bridgehead atoms. The minimum absolute atomic E-state index is 0.815. The molecule has 3 fully saturated rings. The monoisotopic (exact) mass is 224 g/mol. The van der Waals surface area contributed by atoms with Gasteiger partial charge >= 0.3 is 0 Å². The van der Waals surface area contributed by atoms with Crippen molar-refractivity contribution in [3.8, 4) is 0 Å². The van der Waals surface area contributed by atoms with Gasteiger partial charge in [-0.1, -0.05) is 6.42 Å². The molecule has 0 aliphatic carbocycles. The normalized spacial score (nSPS) is 37.5. The molecule has 0 amide bonds. The predicted molar refractivity (Wildman–Crippen MR) is 64.6 cm³/mol. The molecule has 3 heteroatoms. The lowest BCUT2D eigenvalue weighted by molar-refractivity contribution is 0.0405. The van der Waals surface area contributed by atoms with Crippen molar-refractivity contribution in [2.24, 2.45) is 5.92 Å². The zero-order valence-electron chi connectivity index (χ0n) is 10.2. The molecule has 3 saturated heterocycles. The molecule has 0 spiro atoms. The molecule has 0 radical (unpaired) electrons. The summed E-state index contributed by atoms with van der Waals surface area (Å²) in [6, 6.07) is 0.866. The Morgan fingerprint density at radius 3 is 2.94 bits per heavy atom. The van der Waals surface area contributed by atoms with E-state index in [0.717, 1.165) is 25.2 Å². The van der Waals surface area contributed by atoms with Gasteiger partial charge in [-0.05, 0) is 31.7 Å². The maximum atomic E-state index is 5.47. The summed E-state index contributed by atoms with van der Waals surface area (Å²) in [7, 11) is 0. The second-order valence-electron chi connectivity index (χ2n) is 5.67. The summed E-state index contributed by atoms with van der Waals surface area (Å²) in [6.07, 6.45) is 5.58. The minimum atomic E-state index is 0.815. The number of piperazine rings is 1. The standard InChI is InChI=1S/C13H24N2O/c1-2-5-15-7-6-14(10-13(15)3-1)9-12-4-8-16-11-12/h12-13H,1-11H2. The number of nitrogens with zero attached hydrogens (tertiary/aromatic N) is 2. The van der Waals surface area contributed by atoms with Crippen LogP contribution in [0.2, 0.25) is 0 Å². The van der Waals surface area contributed by atoms with Crippen molar-refractivity contribution in [1.82, 2.24) is 9.80 Å². The Kier molecular flexibility index (Phi) is 3.46. The zero-order chi connectivity index (χ0) is 10.8. The lowest BCUT2D eigenvalue weighted by Gasteiger charge is -2.44. The fraction of sp³-hybridized carbons (Fsp3) is 1.00. The molecule has 0 aromatic carbocycles. The van der Waals surface area contributed by atoms with Crippen LogP contribution in [0.5, 0.6) is 0 Å². The van der Waals surface area contributed by atoms with Crippen molar-refractivity contribution in [2.75, 3.05) is 45.9 Å². The van der Waals surface area contributed by atoms with E-state index in [2.05, 4.69) is 9.80 Å². The van der Waals surface area contributed by atoms with Crippen molar-refractivity contribution >= 4 is 0 Å². The lowest BCUT2D eigenvalue weighted by atomic mass is 9.98. The van der Waals surface area contributed by atoms with Gasteiger partial charge in [-0.25, -0.2) is 0 Å². The molecule has 2 unspecified atom stereocenters. The molecule has 0 aromatic rings. The van der Waals surface area contributed by atoms with Crippen LogP contribution in [0.25, 0.3) is 0 Å². The van der Waals surface area contributed by atoms with Crippen LogP contribution in [0.4, 0.5) is 0 Å². The quantitative estimate of drug-likeness (QED) is 0.701. The first-order chi connectivity index (χ1) is 7.92. The molecule has 3 aliphatic heterocycles. The van der Waals surface area contributed by atoms with E-state index in [4.69, 9.17) is 4.74 Å². The van der Waals surface area contributed by atoms with E-state index in [1.807, 2.05) is 0 Å². The van der Waals surface area contributed by atoms with Crippen molar-refractivity contribution in [3.63, 3.8) is 0 Å². The molecular formula is C13H24N2O. The molecule has 0 N–H and O–H groups in total. The molecule has 0 aromatic heterocycles. The summed E-state index contributed by atoms with van der Waals surface area (Å²) >= 11 is 0. The highest BCUT2D eigenvalue weighted by molar-refractivity contribution is 4.86. The lowest BCUT2D eigenvalue weighted by Crippen LogP contribution is -2.55. The van der Waals surface area contributed by atoms with Crippen LogP contribution >= 0.6 is 0 Å². The van der Waals surface area contributed by atoms with E-state index in [1.54, 1.807) is 0 Å². The van der Waals surface area contributed by atoms with E-state index in [9.17, 15) is 0 Å². The molecule has 3 nitrogen and oxygen atoms in total. The van der Waals surface area contributed by atoms with E-state index in [1.165, 1.54) is 58.4 Å². The Bertz CT molecular complexity index is 228. The highest BCUT2D eigenvalue weighted by atomic mass is 16.5. The van der Waals surface area contributed by atoms with Gasteiger partial charge in [0.15, 0.2) is 0 Å². The van der Waals surface area contributed by atoms with E-state index >= 15 is 0 Å². The predicted octanol–water partition coefficient (Wildman–Crippen LogP) is 1.19. The van der Waals surface area contributed by atoms with Gasteiger partial charge < -0.3 is 9.64 Å². The maximum absolute atomic E-state index is 5.47. The van der Waals surface area contributed by atoms with Gasteiger partial charge in [-0.2, -0.15) is 0 Å². The molecule has 0 saturated carbocycles. The molecule has 3 heterocycles. The summed E-state index contributed by atoms with van der Waals surface area (Å²) in [5.74, 6) is 0.815. The van der Waals surface area contributed by atoms with Gasteiger partial charge in [0.05, 0.1) is 6.61 Å². The van der Waals surface area contributed by atoms with Gasteiger partial charge in [0.25, 0.3) is 0 Å². The topological polar surface area (TPSA) is 15.7 Å². The molecule has 16 heavy (non-hydrogen) atoms. The van der Waals surface area contributed by atoms with Gasteiger partial charge in [0.1, 0.15) is 0 Å². The fourth-order valence-electron chi connectivity index (χ4n) is 3.48. The Balaban J connectivity index is 1.50. The first-order valence-corrected chi connectivity index (χ1v) is 6.96. The third-order valence-electron chi connectivity index (χ3n) is 4.46. The van der Waals surface area contributed by atoms with Gasteiger partial charge in [0, 0.05) is 38.8 Å². The Labute approximate surface area is 98.7 Å². The van der Waals surface area contributed by atoms with Gasteiger partial charge in [-0.15, -0.1) is 0 Å². The van der Waals surface area contributed by atoms with Crippen LogP contribution in [-0.4, -0.2) is 61.8 Å². The Morgan fingerprint density at radius 1 is 1.06 bits per heavy atom. The average molecular weight is 224 g/mol. The third kappa shape index (κ3) is 2.41. The summed E-state index contributed by atoms with van der Waals surface area (Å²) < 4.78 is 5.47. The number of hydrogen-bond donors (Lipinski definition) is 0. The van der Waals surface area contributed by atoms with Crippen LogP contribution in [0.3, 0.4) is 0 Å². The van der Waals surface area contributed by atoms with Crippen molar-refractivity contribution in [2.45, 2.75) is 31.7 Å². The summed E-state index contributed by atoms with van der Waals surface area (Å²) in [5, 5.41) is 0. The van der Waals surface area contributed by atoms with Gasteiger partial charge in [-0.3, -0.25) is 4.90 Å². The Morgan fingerprint density at radius 2 is 2.06 bits per heavy atom. The number of rotatable bonds is 2. The first-order valence-electron chi connectivity index (χ1n) is 6.96. The van der Waals surface area contributed by atoms with Crippen LogP contribution < -0.4 is 0 Å². The fourth-order valence-corrected chi connectivity index (χ4v) is 3.48. The highest BCUT2D eigenvalue weighted by Gasteiger charge is 2.30. The number of hydrogen-bond acceptors (Lipinski definition) is 3. The minimum Gasteiger partial charge on any atom is -0.381 e. The van der Waals surface area contributed by atoms with E-state index in [-0.39, 0.29) is 0 Å². The molecule has 3 aliphatic rings. The second-order valence-corrected chi connectivity index (χ2v) is 5.67. The largest absolute Gasteiger partial charge is 0.381 e. The zero-order valence-corrected chi connectivity index (χ0v) is 10.2. The first kappa shape index (κ1) is 11.0. The van der Waals surface area contributed by atoms with Crippen molar-refractivity contribution in [3.05, 3.63) is 0 Å². The second kappa shape index (κ2) is 5.03. The van der Waals surface area contributed by atoms with E-state index < -0.39 is 0 Å². The maximum Gasteiger partial charge on any atom is 0.0507 e. The van der Waals surface area contributed by atoms with Crippen LogP contribution in [0.15, 0.2) is 0 Å². The summed E-state index contributed by atoms with van der Waals surface area (Å²) in [6.45, 7) is 8.54. The molecule has 3 rings (SSSR count). The molecular weight excluding hydrogens is 200 g/mol. The third-order valence-corrected chi connectivity index (χ3v) is 4.46. The van der Waals surface area contributed by atoms with Crippen molar-refractivity contribution < 1.29 is 4.74 Å².